The topological polar surface area (TPSA) is 64.6 Å². The van der Waals surface area contributed by atoms with Crippen molar-refractivity contribution in [3.05, 3.63) is 96.1 Å². The molecule has 3 aromatic rings. The molecule has 7 heteroatoms. The second-order valence-corrected chi connectivity index (χ2v) is 9.66. The summed E-state index contributed by atoms with van der Waals surface area (Å²) in [6, 6.07) is 27.4. The molecule has 2 saturated heterocycles. The van der Waals surface area contributed by atoms with Crippen LogP contribution in [0.4, 0.5) is 0 Å². The average molecular weight is 507 g/mol. The molecule has 0 radical (unpaired) electrons. The summed E-state index contributed by atoms with van der Waals surface area (Å²) in [6.45, 7) is 4.99. The summed E-state index contributed by atoms with van der Waals surface area (Å²) in [4.78, 5) is 0. The summed E-state index contributed by atoms with van der Waals surface area (Å²) in [5.41, 5.74) is 2.14. The first-order valence-electron chi connectivity index (χ1n) is 12.6. The van der Waals surface area contributed by atoms with E-state index in [-0.39, 0.29) is 6.10 Å². The van der Waals surface area contributed by atoms with E-state index in [1.165, 1.54) is 0 Å². The Hall–Kier alpha value is -2.94. The standard InChI is InChI=1S/C30H34O7/c1-30(2)36-26-25(20-32-18-21-10-6-4-7-11-21)35-29(34-24-16-14-23(31-3)15-17-24)28(27(26)37-30)33-19-22-12-8-5-9-13-22/h4-17,25-29H,18-20H2,1-3H3/t25-,26+,27+,28-,29-/m1/s1. The highest BCUT2D eigenvalue weighted by Crippen LogP contribution is 2.40. The van der Waals surface area contributed by atoms with Gasteiger partial charge >= 0.3 is 0 Å². The fourth-order valence-corrected chi connectivity index (χ4v) is 4.67. The number of hydrogen-bond donors (Lipinski definition) is 0. The summed E-state index contributed by atoms with van der Waals surface area (Å²) in [6.07, 6.45) is -2.45. The van der Waals surface area contributed by atoms with Crippen LogP contribution < -0.4 is 9.47 Å². The van der Waals surface area contributed by atoms with Gasteiger partial charge in [-0.2, -0.15) is 0 Å². The maximum atomic E-state index is 6.48. The van der Waals surface area contributed by atoms with Crippen molar-refractivity contribution in [2.75, 3.05) is 13.7 Å². The third-order valence-electron chi connectivity index (χ3n) is 6.42. The van der Waals surface area contributed by atoms with E-state index < -0.39 is 30.4 Å². The molecule has 2 heterocycles. The Kier molecular flexibility index (Phi) is 8.08. The van der Waals surface area contributed by atoms with Crippen LogP contribution in [0.2, 0.25) is 0 Å². The van der Waals surface area contributed by atoms with Crippen molar-refractivity contribution in [3.63, 3.8) is 0 Å². The van der Waals surface area contributed by atoms with Gasteiger partial charge < -0.3 is 33.2 Å². The molecule has 0 unspecified atom stereocenters. The number of methoxy groups -OCH3 is 1. The molecule has 2 aliphatic heterocycles. The molecule has 0 bridgehead atoms. The van der Waals surface area contributed by atoms with Gasteiger partial charge in [-0.05, 0) is 49.2 Å². The number of hydrogen-bond acceptors (Lipinski definition) is 7. The minimum Gasteiger partial charge on any atom is -0.497 e. The monoisotopic (exact) mass is 506 g/mol. The molecule has 3 aromatic carbocycles. The summed E-state index contributed by atoms with van der Waals surface area (Å²) in [5.74, 6) is 0.592. The molecular weight excluding hydrogens is 472 g/mol. The van der Waals surface area contributed by atoms with Gasteiger partial charge in [-0.1, -0.05) is 60.7 Å². The maximum Gasteiger partial charge on any atom is 0.229 e. The van der Waals surface area contributed by atoms with Gasteiger partial charge in [-0.15, -0.1) is 0 Å². The second-order valence-electron chi connectivity index (χ2n) is 9.66. The Labute approximate surface area is 218 Å². The number of rotatable bonds is 10. The van der Waals surface area contributed by atoms with Crippen LogP contribution in [-0.2, 0) is 36.9 Å². The normalized spacial score (nSPS) is 26.4. The molecule has 0 N–H and O–H groups in total. The summed E-state index contributed by atoms with van der Waals surface area (Å²) in [5, 5.41) is 0. The Bertz CT molecular complexity index is 1100. The van der Waals surface area contributed by atoms with Gasteiger partial charge in [0.1, 0.15) is 35.9 Å². The molecule has 2 aliphatic rings. The van der Waals surface area contributed by atoms with Crippen LogP contribution in [0.25, 0.3) is 0 Å². The third-order valence-corrected chi connectivity index (χ3v) is 6.42. The molecule has 2 fully saturated rings. The Balaban J connectivity index is 1.35. The molecule has 37 heavy (non-hydrogen) atoms. The van der Waals surface area contributed by atoms with Gasteiger partial charge in [0.15, 0.2) is 5.79 Å². The zero-order valence-electron chi connectivity index (χ0n) is 21.4. The number of fused-ring (bicyclic) bond motifs is 1. The first kappa shape index (κ1) is 25.7. The highest BCUT2D eigenvalue weighted by molar-refractivity contribution is 5.31. The van der Waals surface area contributed by atoms with Gasteiger partial charge in [0.05, 0.1) is 26.9 Å². The first-order valence-corrected chi connectivity index (χ1v) is 12.6. The Morgan fingerprint density at radius 3 is 1.97 bits per heavy atom. The van der Waals surface area contributed by atoms with E-state index in [1.807, 2.05) is 98.8 Å². The van der Waals surface area contributed by atoms with Crippen molar-refractivity contribution < 1.29 is 33.2 Å². The fourth-order valence-electron chi connectivity index (χ4n) is 4.67. The lowest BCUT2D eigenvalue weighted by Crippen LogP contribution is -2.59. The molecular formula is C30H34O7. The lowest BCUT2D eigenvalue weighted by atomic mass is 9.99. The zero-order chi connectivity index (χ0) is 25.7. The Morgan fingerprint density at radius 1 is 0.730 bits per heavy atom. The predicted molar refractivity (Wildman–Crippen MR) is 137 cm³/mol. The van der Waals surface area contributed by atoms with E-state index in [9.17, 15) is 0 Å². The number of benzene rings is 3. The second kappa shape index (κ2) is 11.6. The first-order chi connectivity index (χ1) is 18.0. The van der Waals surface area contributed by atoms with Crippen molar-refractivity contribution in [3.8, 4) is 11.5 Å². The zero-order valence-corrected chi connectivity index (χ0v) is 21.4. The minimum atomic E-state index is -0.792. The van der Waals surface area contributed by atoms with Crippen molar-refractivity contribution in [1.82, 2.24) is 0 Å². The van der Waals surface area contributed by atoms with Crippen LogP contribution in [0.15, 0.2) is 84.9 Å². The van der Waals surface area contributed by atoms with E-state index in [0.717, 1.165) is 16.9 Å². The van der Waals surface area contributed by atoms with Crippen molar-refractivity contribution in [2.45, 2.75) is 63.6 Å². The molecule has 0 aromatic heterocycles. The van der Waals surface area contributed by atoms with Gasteiger partial charge in [0, 0.05) is 0 Å². The van der Waals surface area contributed by atoms with Crippen LogP contribution in [0.1, 0.15) is 25.0 Å². The van der Waals surface area contributed by atoms with Gasteiger partial charge in [-0.25, -0.2) is 0 Å². The quantitative estimate of drug-likeness (QED) is 0.378. The molecule has 196 valence electrons. The molecule has 5 atom stereocenters. The fraction of sp³-hybridized carbons (Fsp3) is 0.400. The minimum absolute atomic E-state index is 0.323. The van der Waals surface area contributed by atoms with E-state index in [1.54, 1.807) is 7.11 Å². The van der Waals surface area contributed by atoms with E-state index in [2.05, 4.69) is 0 Å². The molecule has 0 aliphatic carbocycles. The van der Waals surface area contributed by atoms with E-state index in [4.69, 9.17) is 33.2 Å². The molecule has 0 saturated carbocycles. The lowest BCUT2D eigenvalue weighted by Gasteiger charge is -2.41. The highest BCUT2D eigenvalue weighted by Gasteiger charge is 2.56. The van der Waals surface area contributed by atoms with Gasteiger partial charge in [-0.3, -0.25) is 0 Å². The smallest absolute Gasteiger partial charge is 0.229 e. The average Bonchev–Trinajstić information content (AvgIpc) is 3.25. The maximum absolute atomic E-state index is 6.48. The molecule has 0 spiro atoms. The van der Waals surface area contributed by atoms with Crippen LogP contribution >= 0.6 is 0 Å². The third kappa shape index (κ3) is 6.50. The van der Waals surface area contributed by atoms with Crippen LogP contribution in [-0.4, -0.2) is 50.2 Å². The molecule has 0 amide bonds. The SMILES string of the molecule is COc1ccc(O[C@@H]2O[C@H](COCc3ccccc3)[C@@H]3OC(C)(C)O[C@@H]3[C@H]2OCc2ccccc2)cc1. The van der Waals surface area contributed by atoms with Crippen LogP contribution in [0.3, 0.4) is 0 Å². The summed E-state index contributed by atoms with van der Waals surface area (Å²) < 4.78 is 43.2. The largest absolute Gasteiger partial charge is 0.497 e. The highest BCUT2D eigenvalue weighted by atomic mass is 16.8. The number of ether oxygens (including phenoxy) is 7. The van der Waals surface area contributed by atoms with Crippen molar-refractivity contribution in [2.24, 2.45) is 0 Å². The van der Waals surface area contributed by atoms with E-state index in [0.29, 0.717) is 25.6 Å². The summed E-state index contributed by atoms with van der Waals surface area (Å²) in [7, 11) is 1.63. The van der Waals surface area contributed by atoms with Crippen LogP contribution in [0.5, 0.6) is 11.5 Å². The van der Waals surface area contributed by atoms with Crippen molar-refractivity contribution >= 4 is 0 Å². The van der Waals surface area contributed by atoms with Crippen LogP contribution in [0, 0.1) is 0 Å². The predicted octanol–water partition coefficient (Wildman–Crippen LogP) is 5.12. The van der Waals surface area contributed by atoms with Crippen molar-refractivity contribution in [1.29, 1.82) is 0 Å². The van der Waals surface area contributed by atoms with Gasteiger partial charge in [0.2, 0.25) is 6.29 Å². The summed E-state index contributed by atoms with van der Waals surface area (Å²) >= 11 is 0. The lowest BCUT2D eigenvalue weighted by molar-refractivity contribution is -0.270. The van der Waals surface area contributed by atoms with E-state index >= 15 is 0 Å². The molecule has 7 nitrogen and oxygen atoms in total. The molecule has 5 rings (SSSR count). The Morgan fingerprint density at radius 2 is 1.32 bits per heavy atom. The van der Waals surface area contributed by atoms with Gasteiger partial charge in [0.25, 0.3) is 0 Å².